The Balaban J connectivity index is 2.45. The summed E-state index contributed by atoms with van der Waals surface area (Å²) in [6, 6.07) is 7.73. The van der Waals surface area contributed by atoms with Gasteiger partial charge in [0.2, 0.25) is 5.88 Å². The van der Waals surface area contributed by atoms with E-state index in [0.717, 1.165) is 16.3 Å². The van der Waals surface area contributed by atoms with E-state index in [4.69, 9.17) is 0 Å². The molecule has 21 heavy (non-hydrogen) atoms. The Labute approximate surface area is 119 Å². The maximum atomic E-state index is 12.4. The summed E-state index contributed by atoms with van der Waals surface area (Å²) in [5.41, 5.74) is -3.85. The van der Waals surface area contributed by atoms with Gasteiger partial charge in [-0.05, 0) is 26.0 Å². The first kappa shape index (κ1) is 15.4. The molecule has 0 bridgehead atoms. The van der Waals surface area contributed by atoms with Crippen molar-refractivity contribution in [2.24, 2.45) is 0 Å². The smallest absolute Gasteiger partial charge is 0.355 e. The molecule has 0 radical (unpaired) electrons. The number of halogens is 3. The van der Waals surface area contributed by atoms with E-state index in [1.54, 1.807) is 24.3 Å². The van der Waals surface area contributed by atoms with E-state index in [1.807, 2.05) is 6.92 Å². The molecule has 0 unspecified atom stereocenters. The quantitative estimate of drug-likeness (QED) is 0.644. The van der Waals surface area contributed by atoms with Crippen LogP contribution < -0.4 is 4.18 Å². The predicted octanol–water partition coefficient (Wildman–Crippen LogP) is 2.72. The summed E-state index contributed by atoms with van der Waals surface area (Å²) >= 11 is 0. The highest BCUT2D eigenvalue weighted by Crippen LogP contribution is 2.28. The average Bonchev–Trinajstić information content (AvgIpc) is 2.69. The van der Waals surface area contributed by atoms with Crippen molar-refractivity contribution < 1.29 is 25.8 Å². The molecular weight excluding hydrogens is 309 g/mol. The SMILES string of the molecule is Cc1ccc(-n2nc(C)cc2OS(=O)(=O)C(F)(F)F)cc1. The first-order chi connectivity index (χ1) is 9.60. The van der Waals surface area contributed by atoms with Crippen molar-refractivity contribution in [3.8, 4) is 11.6 Å². The summed E-state index contributed by atoms with van der Waals surface area (Å²) in [6.07, 6.45) is 0. The monoisotopic (exact) mass is 320 g/mol. The molecule has 1 aromatic carbocycles. The fourth-order valence-electron chi connectivity index (χ4n) is 1.57. The van der Waals surface area contributed by atoms with Crippen LogP contribution in [-0.2, 0) is 10.1 Å². The zero-order valence-corrected chi connectivity index (χ0v) is 11.9. The largest absolute Gasteiger partial charge is 0.534 e. The summed E-state index contributed by atoms with van der Waals surface area (Å²) in [4.78, 5) is 0. The number of rotatable bonds is 3. The molecule has 0 spiro atoms. The summed E-state index contributed by atoms with van der Waals surface area (Å²) in [6.45, 7) is 3.35. The van der Waals surface area contributed by atoms with Gasteiger partial charge in [-0.3, -0.25) is 0 Å². The molecule has 0 aliphatic rings. The van der Waals surface area contributed by atoms with Crippen LogP contribution in [0.4, 0.5) is 13.2 Å². The van der Waals surface area contributed by atoms with Gasteiger partial charge in [-0.1, -0.05) is 17.7 Å². The van der Waals surface area contributed by atoms with Crippen molar-refractivity contribution in [3.63, 3.8) is 0 Å². The minimum absolute atomic E-state index is 0.322. The molecular formula is C12H11F3N2O3S. The van der Waals surface area contributed by atoms with Crippen LogP contribution in [0.25, 0.3) is 5.69 Å². The molecule has 5 nitrogen and oxygen atoms in total. The van der Waals surface area contributed by atoms with Gasteiger partial charge in [0.1, 0.15) is 0 Å². The average molecular weight is 320 g/mol. The molecule has 0 aliphatic carbocycles. The highest BCUT2D eigenvalue weighted by Gasteiger charge is 2.49. The lowest BCUT2D eigenvalue weighted by molar-refractivity contribution is -0.0502. The van der Waals surface area contributed by atoms with Gasteiger partial charge >= 0.3 is 15.6 Å². The molecule has 0 amide bonds. The van der Waals surface area contributed by atoms with E-state index >= 15 is 0 Å². The molecule has 0 aliphatic heterocycles. The van der Waals surface area contributed by atoms with Crippen LogP contribution >= 0.6 is 0 Å². The second-order valence-electron chi connectivity index (χ2n) is 4.35. The van der Waals surface area contributed by atoms with Gasteiger partial charge in [-0.15, -0.1) is 0 Å². The number of alkyl halides is 3. The van der Waals surface area contributed by atoms with Crippen LogP contribution in [0.5, 0.6) is 5.88 Å². The number of benzene rings is 1. The Morgan fingerprint density at radius 2 is 1.71 bits per heavy atom. The minimum Gasteiger partial charge on any atom is -0.355 e. The Morgan fingerprint density at radius 3 is 2.24 bits per heavy atom. The van der Waals surface area contributed by atoms with E-state index in [9.17, 15) is 21.6 Å². The van der Waals surface area contributed by atoms with E-state index in [-0.39, 0.29) is 0 Å². The third-order valence-electron chi connectivity index (χ3n) is 2.56. The summed E-state index contributed by atoms with van der Waals surface area (Å²) < 4.78 is 64.4. The fourth-order valence-corrected chi connectivity index (χ4v) is 2.00. The highest BCUT2D eigenvalue weighted by atomic mass is 32.2. The highest BCUT2D eigenvalue weighted by molar-refractivity contribution is 7.87. The van der Waals surface area contributed by atoms with Gasteiger partial charge in [0.05, 0.1) is 11.4 Å². The number of hydrogen-bond donors (Lipinski definition) is 0. The van der Waals surface area contributed by atoms with Crippen molar-refractivity contribution in [2.45, 2.75) is 19.4 Å². The molecule has 0 saturated carbocycles. The zero-order valence-electron chi connectivity index (χ0n) is 11.0. The van der Waals surface area contributed by atoms with Crippen LogP contribution in [0.3, 0.4) is 0 Å². The first-order valence-corrected chi connectivity index (χ1v) is 7.15. The normalized spacial score (nSPS) is 12.4. The molecule has 1 aromatic heterocycles. The summed E-state index contributed by atoms with van der Waals surface area (Å²) in [5.74, 6) is -0.520. The lowest BCUT2D eigenvalue weighted by Gasteiger charge is -2.11. The van der Waals surface area contributed by atoms with Gasteiger partial charge in [0.25, 0.3) is 0 Å². The standard InChI is InChI=1S/C12H11F3N2O3S/c1-8-3-5-10(6-4-8)17-11(7-9(2)16-17)20-21(18,19)12(13,14)15/h3-7H,1-2H3. The summed E-state index contributed by atoms with van der Waals surface area (Å²) in [7, 11) is -5.74. The van der Waals surface area contributed by atoms with Gasteiger partial charge in [-0.25, -0.2) is 0 Å². The van der Waals surface area contributed by atoms with Crippen molar-refractivity contribution in [2.75, 3.05) is 0 Å². The number of hydrogen-bond acceptors (Lipinski definition) is 4. The number of aryl methyl sites for hydroxylation is 2. The van der Waals surface area contributed by atoms with Crippen molar-refractivity contribution in [3.05, 3.63) is 41.6 Å². The zero-order chi connectivity index (χ0) is 15.8. The van der Waals surface area contributed by atoms with Crippen molar-refractivity contribution >= 4 is 10.1 Å². The molecule has 114 valence electrons. The lowest BCUT2D eigenvalue weighted by Crippen LogP contribution is -2.28. The number of aromatic nitrogens is 2. The van der Waals surface area contributed by atoms with Gasteiger partial charge in [-0.2, -0.15) is 31.4 Å². The van der Waals surface area contributed by atoms with E-state index in [2.05, 4.69) is 9.28 Å². The van der Waals surface area contributed by atoms with Crippen LogP contribution in [0.2, 0.25) is 0 Å². The number of nitrogens with zero attached hydrogens (tertiary/aromatic N) is 2. The van der Waals surface area contributed by atoms with E-state index in [0.29, 0.717) is 11.4 Å². The van der Waals surface area contributed by atoms with Crippen LogP contribution in [0.1, 0.15) is 11.3 Å². The molecule has 2 rings (SSSR count). The third kappa shape index (κ3) is 3.18. The molecule has 0 atom stereocenters. The minimum atomic E-state index is -5.74. The fraction of sp³-hybridized carbons (Fsp3) is 0.250. The van der Waals surface area contributed by atoms with Crippen LogP contribution in [0, 0.1) is 13.8 Å². The van der Waals surface area contributed by atoms with Crippen LogP contribution in [0.15, 0.2) is 30.3 Å². The van der Waals surface area contributed by atoms with Gasteiger partial charge in [0, 0.05) is 6.07 Å². The first-order valence-electron chi connectivity index (χ1n) is 5.74. The van der Waals surface area contributed by atoms with Crippen molar-refractivity contribution in [1.82, 2.24) is 9.78 Å². The molecule has 1 heterocycles. The second-order valence-corrected chi connectivity index (χ2v) is 5.89. The maximum Gasteiger partial charge on any atom is 0.534 e. The lowest BCUT2D eigenvalue weighted by atomic mass is 10.2. The Bertz CT molecular complexity index is 749. The van der Waals surface area contributed by atoms with Gasteiger partial charge in [0.15, 0.2) is 0 Å². The van der Waals surface area contributed by atoms with Crippen molar-refractivity contribution in [1.29, 1.82) is 0 Å². The molecule has 0 fully saturated rings. The topological polar surface area (TPSA) is 61.2 Å². The van der Waals surface area contributed by atoms with Crippen LogP contribution in [-0.4, -0.2) is 23.7 Å². The maximum absolute atomic E-state index is 12.4. The van der Waals surface area contributed by atoms with Gasteiger partial charge < -0.3 is 4.18 Å². The molecule has 2 aromatic rings. The Hall–Kier alpha value is -2.03. The Kier molecular flexibility index (Phi) is 3.70. The summed E-state index contributed by atoms with van der Waals surface area (Å²) in [5, 5.41) is 3.94. The molecule has 9 heteroatoms. The Morgan fingerprint density at radius 1 is 1.14 bits per heavy atom. The van der Waals surface area contributed by atoms with E-state index in [1.165, 1.54) is 6.92 Å². The molecule has 0 saturated heterocycles. The molecule has 0 N–H and O–H groups in total. The second kappa shape index (κ2) is 5.06. The third-order valence-corrected chi connectivity index (χ3v) is 3.51. The predicted molar refractivity (Wildman–Crippen MR) is 68.6 cm³/mol. The van der Waals surface area contributed by atoms with E-state index < -0.39 is 21.5 Å².